The van der Waals surface area contributed by atoms with Gasteiger partial charge in [0.2, 0.25) is 0 Å². The van der Waals surface area contributed by atoms with E-state index in [0.717, 1.165) is 5.56 Å². The predicted octanol–water partition coefficient (Wildman–Crippen LogP) is 0.591. The van der Waals surface area contributed by atoms with Gasteiger partial charge in [0, 0.05) is 0 Å². The molecule has 6 nitrogen and oxygen atoms in total. The summed E-state index contributed by atoms with van der Waals surface area (Å²) in [7, 11) is -3.85. The molecule has 5 atom stereocenters. The summed E-state index contributed by atoms with van der Waals surface area (Å²) in [6.07, 6.45) is -1.84. The molecule has 3 heterocycles. The topological polar surface area (TPSA) is 74.4 Å². The first-order valence-electron chi connectivity index (χ1n) is 6.47. The Balaban J connectivity index is 1.57. The number of hydrogen-bond donors (Lipinski definition) is 0. The van der Waals surface area contributed by atoms with Gasteiger partial charge in [-0.2, -0.15) is 8.42 Å². The lowest BCUT2D eigenvalue weighted by Crippen LogP contribution is -2.42. The van der Waals surface area contributed by atoms with Crippen molar-refractivity contribution in [2.24, 2.45) is 0 Å². The number of aryl methyl sites for hydroxylation is 1. The van der Waals surface area contributed by atoms with Crippen molar-refractivity contribution in [3.8, 4) is 0 Å². The first kappa shape index (κ1) is 12.7. The van der Waals surface area contributed by atoms with Crippen LogP contribution in [0.4, 0.5) is 0 Å². The average Bonchev–Trinajstić information content (AvgIpc) is 3.09. The van der Waals surface area contributed by atoms with Gasteiger partial charge in [0.25, 0.3) is 10.1 Å². The lowest BCUT2D eigenvalue weighted by atomic mass is 10.1. The van der Waals surface area contributed by atoms with E-state index in [9.17, 15) is 8.42 Å². The Kier molecular flexibility index (Phi) is 2.71. The third kappa shape index (κ3) is 1.97. The van der Waals surface area contributed by atoms with E-state index in [4.69, 9.17) is 18.4 Å². The van der Waals surface area contributed by atoms with E-state index < -0.39 is 22.5 Å². The minimum atomic E-state index is -3.85. The fourth-order valence-corrected chi connectivity index (χ4v) is 3.72. The van der Waals surface area contributed by atoms with Crippen molar-refractivity contribution in [2.45, 2.75) is 42.5 Å². The minimum absolute atomic E-state index is 0.0908. The summed E-state index contributed by atoms with van der Waals surface area (Å²) in [5.41, 5.74) is 0.984. The molecule has 2 bridgehead atoms. The lowest BCUT2D eigenvalue weighted by molar-refractivity contribution is -0.133. The maximum Gasteiger partial charge on any atom is 0.297 e. The highest BCUT2D eigenvalue weighted by atomic mass is 32.2. The number of fused-ring (bicyclic) bond motifs is 4. The van der Waals surface area contributed by atoms with E-state index >= 15 is 0 Å². The lowest BCUT2D eigenvalue weighted by Gasteiger charge is -2.23. The Labute approximate surface area is 116 Å². The molecule has 7 heteroatoms. The molecule has 4 rings (SSSR count). The molecule has 108 valence electrons. The first-order valence-corrected chi connectivity index (χ1v) is 7.88. The summed E-state index contributed by atoms with van der Waals surface area (Å²) >= 11 is 0. The molecule has 3 aliphatic rings. The van der Waals surface area contributed by atoms with Crippen LogP contribution in [0, 0.1) is 6.92 Å². The molecule has 0 unspecified atom stereocenters. The Hall–Kier alpha value is -0.990. The molecule has 0 radical (unpaired) electrons. The summed E-state index contributed by atoms with van der Waals surface area (Å²) in [4.78, 5) is 0.125. The molecule has 0 spiro atoms. The maximum atomic E-state index is 12.3. The van der Waals surface area contributed by atoms with Crippen LogP contribution in [-0.2, 0) is 28.5 Å². The quantitative estimate of drug-likeness (QED) is 0.600. The summed E-state index contributed by atoms with van der Waals surface area (Å²) in [6.45, 7) is 2.32. The van der Waals surface area contributed by atoms with Gasteiger partial charge in [-0.1, -0.05) is 17.7 Å². The van der Waals surface area contributed by atoms with E-state index in [0.29, 0.717) is 6.61 Å². The van der Waals surface area contributed by atoms with Gasteiger partial charge < -0.3 is 14.2 Å². The third-order valence-electron chi connectivity index (χ3n) is 3.80. The van der Waals surface area contributed by atoms with Gasteiger partial charge in [0.1, 0.15) is 18.3 Å². The zero-order valence-electron chi connectivity index (χ0n) is 10.8. The highest BCUT2D eigenvalue weighted by Crippen LogP contribution is 2.43. The molecule has 0 N–H and O–H groups in total. The Morgan fingerprint density at radius 1 is 1.15 bits per heavy atom. The van der Waals surface area contributed by atoms with Gasteiger partial charge in [-0.3, -0.25) is 4.18 Å². The van der Waals surface area contributed by atoms with Crippen LogP contribution in [0.15, 0.2) is 29.2 Å². The van der Waals surface area contributed by atoms with E-state index in [1.165, 1.54) is 12.1 Å². The fraction of sp³-hybridized carbons (Fsp3) is 0.538. The van der Waals surface area contributed by atoms with Crippen molar-refractivity contribution in [1.82, 2.24) is 0 Å². The van der Waals surface area contributed by atoms with E-state index in [1.54, 1.807) is 12.1 Å². The van der Waals surface area contributed by atoms with Crippen LogP contribution in [0.2, 0.25) is 0 Å². The Bertz CT molecular complexity index is 625. The molecular formula is C13H14O6S. The molecule has 1 aromatic carbocycles. The average molecular weight is 298 g/mol. The van der Waals surface area contributed by atoms with E-state index in [1.807, 2.05) is 6.92 Å². The van der Waals surface area contributed by atoms with Gasteiger partial charge >= 0.3 is 0 Å². The van der Waals surface area contributed by atoms with Crippen LogP contribution >= 0.6 is 0 Å². The fourth-order valence-electron chi connectivity index (χ4n) is 2.65. The van der Waals surface area contributed by atoms with Crippen molar-refractivity contribution in [3.05, 3.63) is 29.8 Å². The minimum Gasteiger partial charge on any atom is -0.364 e. The second-order valence-corrected chi connectivity index (χ2v) is 6.84. The van der Waals surface area contributed by atoms with Crippen LogP contribution in [0.1, 0.15) is 5.56 Å². The van der Waals surface area contributed by atoms with Crippen LogP contribution in [0.25, 0.3) is 0 Å². The highest BCUT2D eigenvalue weighted by molar-refractivity contribution is 7.86. The third-order valence-corrected chi connectivity index (χ3v) is 5.13. The second kappa shape index (κ2) is 4.25. The molecule has 1 aromatic rings. The number of ether oxygens (including phenoxy) is 3. The molecule has 20 heavy (non-hydrogen) atoms. The van der Waals surface area contributed by atoms with Gasteiger partial charge in [-0.05, 0) is 19.1 Å². The van der Waals surface area contributed by atoms with Gasteiger partial charge in [-0.25, -0.2) is 0 Å². The Morgan fingerprint density at radius 3 is 2.65 bits per heavy atom. The van der Waals surface area contributed by atoms with Gasteiger partial charge in [0.15, 0.2) is 12.4 Å². The summed E-state index contributed by atoms with van der Waals surface area (Å²) in [6, 6.07) is 6.51. The standard InChI is InChI=1S/C13H14O6S/c1-7-2-4-8(5-3-7)20(14,15)19-12-11-10(18-11)9-6-16-13(12)17-9/h2-5,9-13H,6H2,1H3/t9-,10+,11-,12-,13+/m1/s1. The normalized spacial score (nSPS) is 38.5. The summed E-state index contributed by atoms with van der Waals surface area (Å²) in [5, 5.41) is 0. The molecule has 0 saturated carbocycles. The van der Waals surface area contributed by atoms with E-state index in [2.05, 4.69) is 0 Å². The van der Waals surface area contributed by atoms with Gasteiger partial charge in [0.05, 0.1) is 11.5 Å². The predicted molar refractivity (Wildman–Crippen MR) is 66.5 cm³/mol. The van der Waals surface area contributed by atoms with Crippen LogP contribution in [0.3, 0.4) is 0 Å². The van der Waals surface area contributed by atoms with Crippen LogP contribution in [-0.4, -0.2) is 45.7 Å². The SMILES string of the molecule is Cc1ccc(S(=O)(=O)O[C@H]2[C@H]3OC[C@@H](O3)[C@@H]3O[C@H]32)cc1. The van der Waals surface area contributed by atoms with Crippen molar-refractivity contribution in [3.63, 3.8) is 0 Å². The van der Waals surface area contributed by atoms with Crippen molar-refractivity contribution in [1.29, 1.82) is 0 Å². The Morgan fingerprint density at radius 2 is 1.90 bits per heavy atom. The summed E-state index contributed by atoms with van der Waals surface area (Å²) < 4.78 is 46.2. The highest BCUT2D eigenvalue weighted by Gasteiger charge is 2.63. The van der Waals surface area contributed by atoms with Gasteiger partial charge in [-0.15, -0.1) is 0 Å². The smallest absolute Gasteiger partial charge is 0.297 e. The zero-order chi connectivity index (χ0) is 13.9. The molecular weight excluding hydrogens is 284 g/mol. The second-order valence-electron chi connectivity index (χ2n) is 5.27. The molecule has 0 amide bonds. The molecule has 3 saturated heterocycles. The molecule has 0 aromatic heterocycles. The number of rotatable bonds is 3. The van der Waals surface area contributed by atoms with Crippen molar-refractivity contribution >= 4 is 10.1 Å². The van der Waals surface area contributed by atoms with Crippen LogP contribution in [0.5, 0.6) is 0 Å². The largest absolute Gasteiger partial charge is 0.364 e. The number of hydrogen-bond acceptors (Lipinski definition) is 6. The number of epoxide rings is 1. The first-order chi connectivity index (χ1) is 9.54. The molecule has 3 aliphatic heterocycles. The van der Waals surface area contributed by atoms with E-state index in [-0.39, 0.29) is 23.2 Å². The van der Waals surface area contributed by atoms with Crippen molar-refractivity contribution in [2.75, 3.05) is 6.61 Å². The monoisotopic (exact) mass is 298 g/mol. The zero-order valence-corrected chi connectivity index (χ0v) is 11.6. The molecule has 0 aliphatic carbocycles. The van der Waals surface area contributed by atoms with Crippen LogP contribution < -0.4 is 0 Å². The molecule has 3 fully saturated rings. The maximum absolute atomic E-state index is 12.3. The number of benzene rings is 1. The summed E-state index contributed by atoms with van der Waals surface area (Å²) in [5.74, 6) is 0. The van der Waals surface area contributed by atoms with Crippen molar-refractivity contribution < 1.29 is 26.8 Å².